The molecule has 11 heteroatoms. The lowest BCUT2D eigenvalue weighted by molar-refractivity contribution is -0.228. The molecule has 0 heterocycles. The van der Waals surface area contributed by atoms with Crippen molar-refractivity contribution in [1.82, 2.24) is 0 Å². The predicted molar refractivity (Wildman–Crippen MR) is 143 cm³/mol. The van der Waals surface area contributed by atoms with E-state index in [0.717, 1.165) is 38.0 Å². The molecule has 0 aliphatic rings. The normalized spacial score (nSPS) is 14.9. The molecule has 3 aromatic carbocycles. The molecule has 0 fully saturated rings. The molecule has 43 heavy (non-hydrogen) atoms. The summed E-state index contributed by atoms with van der Waals surface area (Å²) in [5, 5.41) is 0. The maximum Gasteiger partial charge on any atom is 0.422 e. The van der Waals surface area contributed by atoms with Gasteiger partial charge >= 0.3 is 12.3 Å². The highest BCUT2D eigenvalue weighted by Crippen LogP contribution is 2.47. The van der Waals surface area contributed by atoms with Crippen LogP contribution in [-0.4, -0.2) is 6.11 Å². The van der Waals surface area contributed by atoms with E-state index in [1.54, 1.807) is 6.07 Å². The summed E-state index contributed by atoms with van der Waals surface area (Å²) < 4.78 is 149. The van der Waals surface area contributed by atoms with E-state index in [1.165, 1.54) is 26.0 Å². The van der Waals surface area contributed by atoms with Crippen molar-refractivity contribution in [2.75, 3.05) is 0 Å². The predicted octanol–water partition coefficient (Wildman–Crippen LogP) is 10.7. The smallest absolute Gasteiger partial charge is 0.422 e. The van der Waals surface area contributed by atoms with Crippen LogP contribution in [0.3, 0.4) is 0 Å². The van der Waals surface area contributed by atoms with Gasteiger partial charge in [0.1, 0.15) is 45.8 Å². The molecule has 2 unspecified atom stereocenters. The molecule has 0 N–H and O–H groups in total. The van der Waals surface area contributed by atoms with E-state index in [9.17, 15) is 22.0 Å². The Morgan fingerprint density at radius 1 is 0.698 bits per heavy atom. The number of ether oxygens (including phenoxy) is 1. The van der Waals surface area contributed by atoms with Crippen molar-refractivity contribution < 1.29 is 48.6 Å². The summed E-state index contributed by atoms with van der Waals surface area (Å²) in [6.07, 6.45) is -9.18. The summed E-state index contributed by atoms with van der Waals surface area (Å²) in [4.78, 5) is 0. The highest BCUT2D eigenvalue weighted by atomic mass is 19.4. The number of halogens is 10. The minimum atomic E-state index is -5.45. The molecular weight excluding hydrogens is 590 g/mol. The minimum absolute atomic E-state index is 0.0607. The van der Waals surface area contributed by atoms with Gasteiger partial charge in [0.05, 0.1) is 0 Å². The van der Waals surface area contributed by atoms with E-state index in [-0.39, 0.29) is 23.3 Å². The van der Waals surface area contributed by atoms with E-state index in [1.807, 2.05) is 13.8 Å². The van der Waals surface area contributed by atoms with Crippen LogP contribution in [0.25, 0.3) is 0 Å². The van der Waals surface area contributed by atoms with Crippen LogP contribution in [0.1, 0.15) is 82.2 Å². The maximum atomic E-state index is 15.6. The zero-order valence-electron chi connectivity index (χ0n) is 24.4. The van der Waals surface area contributed by atoms with Crippen LogP contribution in [-0.2, 0) is 23.4 Å². The zero-order chi connectivity index (χ0) is 32.7. The van der Waals surface area contributed by atoms with Crippen molar-refractivity contribution in [2.24, 2.45) is 5.92 Å². The van der Waals surface area contributed by atoms with Gasteiger partial charge in [-0.2, -0.15) is 22.0 Å². The molecule has 0 amide bonds. The first-order chi connectivity index (χ1) is 19.7. The second-order valence-corrected chi connectivity index (χ2v) is 11.5. The Labute approximate surface area is 243 Å². The van der Waals surface area contributed by atoms with Gasteiger partial charge in [0.25, 0.3) is 0 Å². The molecule has 3 aromatic rings. The van der Waals surface area contributed by atoms with Gasteiger partial charge in [0.15, 0.2) is 0 Å². The van der Waals surface area contributed by atoms with Gasteiger partial charge in [-0.3, -0.25) is 0 Å². The van der Waals surface area contributed by atoms with Gasteiger partial charge in [0, 0.05) is 23.1 Å². The Bertz CT molecular complexity index is 1430. The van der Waals surface area contributed by atoms with E-state index in [0.29, 0.717) is 12.3 Å². The Morgan fingerprint density at radius 2 is 1.21 bits per heavy atom. The third-order valence-electron chi connectivity index (χ3n) is 8.20. The average Bonchev–Trinajstić information content (AvgIpc) is 2.86. The number of benzene rings is 3. The molecule has 2 atom stereocenters. The van der Waals surface area contributed by atoms with Crippen LogP contribution in [0.2, 0.25) is 0 Å². The molecule has 0 saturated carbocycles. The summed E-state index contributed by atoms with van der Waals surface area (Å²) in [5.41, 5.74) is -6.75. The first-order valence-corrected chi connectivity index (χ1v) is 13.6. The van der Waals surface area contributed by atoms with Crippen molar-refractivity contribution in [1.29, 1.82) is 0 Å². The third-order valence-corrected chi connectivity index (χ3v) is 8.20. The van der Waals surface area contributed by atoms with Crippen molar-refractivity contribution >= 4 is 0 Å². The lowest BCUT2D eigenvalue weighted by Crippen LogP contribution is -2.48. The van der Waals surface area contributed by atoms with Gasteiger partial charge < -0.3 is 4.74 Å². The minimum Gasteiger partial charge on any atom is -0.432 e. The molecular formula is C32H32F10O. The third kappa shape index (κ3) is 6.65. The fourth-order valence-electron chi connectivity index (χ4n) is 5.02. The lowest BCUT2D eigenvalue weighted by Gasteiger charge is -2.37. The summed E-state index contributed by atoms with van der Waals surface area (Å²) >= 11 is 0. The molecule has 0 spiro atoms. The van der Waals surface area contributed by atoms with Crippen LogP contribution in [0.15, 0.2) is 42.5 Å². The van der Waals surface area contributed by atoms with Crippen molar-refractivity contribution in [2.45, 2.75) is 83.9 Å². The molecule has 0 aliphatic carbocycles. The number of alkyl halides is 5. The highest BCUT2D eigenvalue weighted by molar-refractivity contribution is 5.44. The first kappa shape index (κ1) is 34.3. The lowest BCUT2D eigenvalue weighted by atomic mass is 9.74. The van der Waals surface area contributed by atoms with Crippen LogP contribution >= 0.6 is 0 Å². The summed E-state index contributed by atoms with van der Waals surface area (Å²) in [6, 6.07) is 6.00. The second kappa shape index (κ2) is 12.0. The molecule has 3 rings (SSSR count). The number of rotatable bonds is 10. The molecule has 236 valence electrons. The van der Waals surface area contributed by atoms with E-state index >= 15 is 22.0 Å². The van der Waals surface area contributed by atoms with E-state index < -0.39 is 75.5 Å². The topological polar surface area (TPSA) is 9.23 Å². The van der Waals surface area contributed by atoms with Crippen LogP contribution in [0.5, 0.6) is 5.75 Å². The Balaban J connectivity index is 2.03. The monoisotopic (exact) mass is 622 g/mol. The summed E-state index contributed by atoms with van der Waals surface area (Å²) in [6.45, 7) is 8.94. The highest BCUT2D eigenvalue weighted by Gasteiger charge is 2.56. The van der Waals surface area contributed by atoms with Gasteiger partial charge in [-0.25, -0.2) is 22.0 Å². The first-order valence-electron chi connectivity index (χ1n) is 13.6. The van der Waals surface area contributed by atoms with Crippen LogP contribution in [0.4, 0.5) is 43.9 Å². The largest absolute Gasteiger partial charge is 0.432 e. The zero-order valence-corrected chi connectivity index (χ0v) is 24.4. The van der Waals surface area contributed by atoms with Gasteiger partial charge in [0.2, 0.25) is 0 Å². The fourth-order valence-corrected chi connectivity index (χ4v) is 5.02. The van der Waals surface area contributed by atoms with Crippen LogP contribution < -0.4 is 4.74 Å². The van der Waals surface area contributed by atoms with Gasteiger partial charge in [-0.15, -0.1) is 0 Å². The molecule has 0 aromatic heterocycles. The molecule has 0 bridgehead atoms. The number of hydrogen-bond donors (Lipinski definition) is 0. The van der Waals surface area contributed by atoms with Crippen LogP contribution in [0, 0.1) is 35.0 Å². The summed E-state index contributed by atoms with van der Waals surface area (Å²) in [7, 11) is 0. The second-order valence-electron chi connectivity index (χ2n) is 11.5. The van der Waals surface area contributed by atoms with E-state index in [2.05, 4.69) is 4.74 Å². The van der Waals surface area contributed by atoms with Gasteiger partial charge in [-0.05, 0) is 60.6 Å². The molecule has 0 saturated heterocycles. The number of hydrogen-bond acceptors (Lipinski definition) is 1. The molecule has 0 aliphatic heterocycles. The SMILES string of the molecule is CCC(C)Cc1ccc(C(C)(C)c2cc(F)c(C(C)(CC)C(F)(F)Oc3cc(F)c(C(F)(F)F)c(F)c3)c(F)c2)c(F)c1. The quantitative estimate of drug-likeness (QED) is 0.205. The maximum absolute atomic E-state index is 15.6. The van der Waals surface area contributed by atoms with Gasteiger partial charge in [-0.1, -0.05) is 53.2 Å². The van der Waals surface area contributed by atoms with Crippen molar-refractivity contribution in [3.63, 3.8) is 0 Å². The standard InChI is InChI=1S/C32H32F10O/c1-7-17(3)11-18-9-10-21(22(33)12-18)29(4,5)19-13-23(34)27(24(35)14-19)30(6,8-2)32(41,42)43-20-15-25(36)28(26(37)16-20)31(38,39)40/h9-10,12-17H,7-8,11H2,1-6H3. The fraction of sp³-hybridized carbons (Fsp3) is 0.438. The Kier molecular flexibility index (Phi) is 9.59. The Morgan fingerprint density at radius 3 is 1.65 bits per heavy atom. The average molecular weight is 623 g/mol. The Hall–Kier alpha value is -3.24. The van der Waals surface area contributed by atoms with Crippen molar-refractivity contribution in [3.05, 3.63) is 99.4 Å². The van der Waals surface area contributed by atoms with Crippen molar-refractivity contribution in [3.8, 4) is 5.75 Å². The summed E-state index contributed by atoms with van der Waals surface area (Å²) in [5.74, 6) is -8.88. The van der Waals surface area contributed by atoms with E-state index in [4.69, 9.17) is 0 Å². The molecule has 0 radical (unpaired) electrons. The molecule has 1 nitrogen and oxygen atoms in total.